The second-order valence-electron chi connectivity index (χ2n) is 11.1. The molecule has 0 saturated heterocycles. The van der Waals surface area contributed by atoms with Gasteiger partial charge in [0, 0.05) is 24.5 Å². The SMILES string of the molecule is CCCCNC(=O)[C@H](Cc1ccccc1)N(Cc1ccccc1)C(=O)CN(c1ccc(C)c(Cl)c1)S(=O)(=O)c1ccc(C)cc1. The minimum absolute atomic E-state index is 0.0466. The summed E-state index contributed by atoms with van der Waals surface area (Å²) in [4.78, 5) is 29.8. The van der Waals surface area contributed by atoms with Crippen LogP contribution in [0.5, 0.6) is 0 Å². The third kappa shape index (κ3) is 8.96. The zero-order chi connectivity index (χ0) is 32.4. The summed E-state index contributed by atoms with van der Waals surface area (Å²) in [5, 5.41) is 3.38. The first-order chi connectivity index (χ1) is 21.6. The Morgan fingerprint density at radius 1 is 0.844 bits per heavy atom. The molecule has 4 rings (SSSR count). The minimum Gasteiger partial charge on any atom is -0.354 e. The third-order valence-corrected chi connectivity index (χ3v) is 9.82. The maximum absolute atomic E-state index is 14.5. The number of halogens is 1. The van der Waals surface area contributed by atoms with Gasteiger partial charge >= 0.3 is 0 Å². The number of hydrogen-bond donors (Lipinski definition) is 1. The molecule has 0 radical (unpaired) electrons. The van der Waals surface area contributed by atoms with Gasteiger partial charge in [0.2, 0.25) is 11.8 Å². The van der Waals surface area contributed by atoms with E-state index in [2.05, 4.69) is 5.32 Å². The number of unbranched alkanes of at least 4 members (excludes halogenated alkanes) is 1. The molecule has 0 aliphatic carbocycles. The molecule has 0 aromatic heterocycles. The summed E-state index contributed by atoms with van der Waals surface area (Å²) >= 11 is 6.45. The molecular weight excluding hydrogens is 606 g/mol. The zero-order valence-electron chi connectivity index (χ0n) is 25.9. The van der Waals surface area contributed by atoms with Crippen molar-refractivity contribution in [2.75, 3.05) is 17.4 Å². The second-order valence-corrected chi connectivity index (χ2v) is 13.4. The van der Waals surface area contributed by atoms with Crippen molar-refractivity contribution < 1.29 is 18.0 Å². The molecule has 4 aromatic carbocycles. The number of nitrogens with zero attached hydrogens (tertiary/aromatic N) is 2. The molecule has 7 nitrogen and oxygen atoms in total. The van der Waals surface area contributed by atoms with Gasteiger partial charge in [-0.15, -0.1) is 0 Å². The molecule has 0 saturated carbocycles. The van der Waals surface area contributed by atoms with Crippen molar-refractivity contribution in [2.24, 2.45) is 0 Å². The van der Waals surface area contributed by atoms with Crippen LogP contribution in [0.4, 0.5) is 5.69 Å². The predicted molar refractivity (Wildman–Crippen MR) is 181 cm³/mol. The first kappa shape index (κ1) is 33.7. The third-order valence-electron chi connectivity index (χ3n) is 7.63. The molecule has 0 heterocycles. The Balaban J connectivity index is 1.79. The van der Waals surface area contributed by atoms with Crippen LogP contribution in [0.25, 0.3) is 0 Å². The van der Waals surface area contributed by atoms with Crippen molar-refractivity contribution in [3.63, 3.8) is 0 Å². The molecule has 0 unspecified atom stereocenters. The molecule has 0 spiro atoms. The number of aryl methyl sites for hydroxylation is 2. The first-order valence-corrected chi connectivity index (χ1v) is 16.9. The van der Waals surface area contributed by atoms with Crippen molar-refractivity contribution in [3.8, 4) is 0 Å². The summed E-state index contributed by atoms with van der Waals surface area (Å²) < 4.78 is 29.4. The Morgan fingerprint density at radius 2 is 1.47 bits per heavy atom. The quantitative estimate of drug-likeness (QED) is 0.155. The van der Waals surface area contributed by atoms with Crippen LogP contribution in [0.2, 0.25) is 5.02 Å². The van der Waals surface area contributed by atoms with E-state index in [1.165, 1.54) is 17.0 Å². The molecule has 0 aliphatic heterocycles. The molecule has 45 heavy (non-hydrogen) atoms. The van der Waals surface area contributed by atoms with Crippen LogP contribution in [-0.4, -0.2) is 44.3 Å². The number of amides is 2. The van der Waals surface area contributed by atoms with Gasteiger partial charge in [0.15, 0.2) is 0 Å². The molecular formula is C36H40ClN3O4S. The number of anilines is 1. The van der Waals surface area contributed by atoms with Gasteiger partial charge in [-0.25, -0.2) is 8.42 Å². The van der Waals surface area contributed by atoms with Gasteiger partial charge in [-0.1, -0.05) is 109 Å². The van der Waals surface area contributed by atoms with Crippen molar-refractivity contribution in [1.29, 1.82) is 0 Å². The van der Waals surface area contributed by atoms with Crippen molar-refractivity contribution in [1.82, 2.24) is 10.2 Å². The first-order valence-electron chi connectivity index (χ1n) is 15.1. The van der Waals surface area contributed by atoms with Crippen LogP contribution in [0.3, 0.4) is 0 Å². The smallest absolute Gasteiger partial charge is 0.264 e. The molecule has 236 valence electrons. The summed E-state index contributed by atoms with van der Waals surface area (Å²) in [6.07, 6.45) is 1.97. The number of sulfonamides is 1. The number of rotatable bonds is 14. The largest absolute Gasteiger partial charge is 0.354 e. The van der Waals surface area contributed by atoms with Gasteiger partial charge in [-0.2, -0.15) is 0 Å². The Labute approximate surface area is 271 Å². The molecule has 2 amide bonds. The Hall–Kier alpha value is -4.14. The average molecular weight is 646 g/mol. The summed E-state index contributed by atoms with van der Waals surface area (Å²) in [6.45, 7) is 5.80. The van der Waals surface area contributed by atoms with Crippen LogP contribution in [0.1, 0.15) is 42.0 Å². The maximum atomic E-state index is 14.5. The van der Waals surface area contributed by atoms with E-state index in [0.29, 0.717) is 11.6 Å². The zero-order valence-corrected chi connectivity index (χ0v) is 27.5. The molecule has 9 heteroatoms. The van der Waals surface area contributed by atoms with E-state index in [-0.39, 0.29) is 29.5 Å². The highest BCUT2D eigenvalue weighted by Crippen LogP contribution is 2.29. The fourth-order valence-corrected chi connectivity index (χ4v) is 6.52. The number of nitrogens with one attached hydrogen (secondary N) is 1. The van der Waals surface area contributed by atoms with Crippen LogP contribution in [-0.2, 0) is 32.6 Å². The highest BCUT2D eigenvalue weighted by Gasteiger charge is 2.34. The lowest BCUT2D eigenvalue weighted by atomic mass is 10.0. The van der Waals surface area contributed by atoms with Crippen LogP contribution in [0, 0.1) is 13.8 Å². The Kier molecular flexibility index (Phi) is 11.8. The maximum Gasteiger partial charge on any atom is 0.264 e. The molecule has 0 fully saturated rings. The fourth-order valence-electron chi connectivity index (χ4n) is 4.94. The molecule has 1 atom stereocenters. The summed E-state index contributed by atoms with van der Waals surface area (Å²) in [5.41, 5.74) is 3.63. The summed E-state index contributed by atoms with van der Waals surface area (Å²) in [5.74, 6) is -0.805. The average Bonchev–Trinajstić information content (AvgIpc) is 3.04. The molecule has 1 N–H and O–H groups in total. The molecule has 0 bridgehead atoms. The van der Waals surface area contributed by atoms with Crippen LogP contribution >= 0.6 is 11.6 Å². The van der Waals surface area contributed by atoms with E-state index in [1.54, 1.807) is 30.3 Å². The number of benzene rings is 4. The Morgan fingerprint density at radius 3 is 2.07 bits per heavy atom. The van der Waals surface area contributed by atoms with Gasteiger partial charge in [-0.3, -0.25) is 13.9 Å². The van der Waals surface area contributed by atoms with Crippen molar-refractivity contribution in [3.05, 3.63) is 130 Å². The summed E-state index contributed by atoms with van der Waals surface area (Å²) in [6, 6.07) is 29.4. The van der Waals surface area contributed by atoms with E-state index in [9.17, 15) is 18.0 Å². The number of hydrogen-bond acceptors (Lipinski definition) is 4. The van der Waals surface area contributed by atoms with E-state index >= 15 is 0 Å². The lowest BCUT2D eigenvalue weighted by Gasteiger charge is -2.34. The van der Waals surface area contributed by atoms with Gasteiger partial charge < -0.3 is 10.2 Å². The number of carbonyl (C=O) groups excluding carboxylic acids is 2. The Bertz CT molecular complexity index is 1680. The minimum atomic E-state index is -4.20. The van der Waals surface area contributed by atoms with Gasteiger partial charge in [0.25, 0.3) is 10.0 Å². The fraction of sp³-hybridized carbons (Fsp3) is 0.278. The topological polar surface area (TPSA) is 86.8 Å². The van der Waals surface area contributed by atoms with Crippen LogP contribution < -0.4 is 9.62 Å². The molecule has 0 aliphatic rings. The monoisotopic (exact) mass is 645 g/mol. The van der Waals surface area contributed by atoms with Crippen LogP contribution in [0.15, 0.2) is 108 Å². The van der Waals surface area contributed by atoms with E-state index in [0.717, 1.165) is 39.4 Å². The van der Waals surface area contributed by atoms with Crippen molar-refractivity contribution in [2.45, 2.75) is 57.5 Å². The van der Waals surface area contributed by atoms with Gasteiger partial charge in [-0.05, 0) is 61.2 Å². The van der Waals surface area contributed by atoms with Crippen molar-refractivity contribution >= 4 is 39.1 Å². The van der Waals surface area contributed by atoms with Gasteiger partial charge in [0.05, 0.1) is 10.6 Å². The van der Waals surface area contributed by atoms with E-state index < -0.39 is 28.5 Å². The standard InChI is InChI=1S/C36H40ClN3O4S/c1-4-5-22-38-36(42)34(23-29-12-8-6-9-13-29)39(25-30-14-10-7-11-15-30)35(41)26-40(31-19-18-28(3)33(37)24-31)45(43,44)32-20-16-27(2)17-21-32/h6-21,24,34H,4-5,22-23,25-26H2,1-3H3,(H,38,42)/t34-/m0/s1. The normalized spacial score (nSPS) is 11.9. The van der Waals surface area contributed by atoms with E-state index in [4.69, 9.17) is 11.6 Å². The second kappa shape index (κ2) is 15.7. The number of carbonyl (C=O) groups is 2. The van der Waals surface area contributed by atoms with Gasteiger partial charge in [0.1, 0.15) is 12.6 Å². The lowest BCUT2D eigenvalue weighted by molar-refractivity contribution is -0.140. The van der Waals surface area contributed by atoms with E-state index in [1.807, 2.05) is 81.4 Å². The predicted octanol–water partition coefficient (Wildman–Crippen LogP) is 6.71. The lowest BCUT2D eigenvalue weighted by Crippen LogP contribution is -2.53. The highest BCUT2D eigenvalue weighted by atomic mass is 35.5. The highest BCUT2D eigenvalue weighted by molar-refractivity contribution is 7.92. The molecule has 4 aromatic rings. The summed E-state index contributed by atoms with van der Waals surface area (Å²) in [7, 11) is -4.20.